The summed E-state index contributed by atoms with van der Waals surface area (Å²) in [4.78, 5) is 28.5. The normalized spacial score (nSPS) is 25.5. The Kier molecular flexibility index (Phi) is 4.51. The summed E-state index contributed by atoms with van der Waals surface area (Å²) < 4.78 is 0.852. The number of anilines is 1. The number of nitrogens with zero attached hydrogens (tertiary/aromatic N) is 1. The zero-order chi connectivity index (χ0) is 21.8. The van der Waals surface area contributed by atoms with Crippen LogP contribution in [0.2, 0.25) is 0 Å². The summed E-state index contributed by atoms with van der Waals surface area (Å²) in [7, 11) is 0. The molecule has 4 atom stereocenters. The molecule has 3 aromatic carbocycles. The molecule has 2 fully saturated rings. The van der Waals surface area contributed by atoms with Crippen molar-refractivity contribution in [3.8, 4) is 0 Å². The first-order chi connectivity index (χ1) is 15.6. The number of carbonyl (C=O) groups is 2. The van der Waals surface area contributed by atoms with Crippen molar-refractivity contribution in [1.29, 1.82) is 0 Å². The van der Waals surface area contributed by atoms with Gasteiger partial charge in [-0.05, 0) is 40.5 Å². The molecule has 0 aromatic heterocycles. The zero-order valence-electron chi connectivity index (χ0n) is 17.2. The summed E-state index contributed by atoms with van der Waals surface area (Å²) in [6.45, 7) is 0. The second-order valence-corrected chi connectivity index (χ2v) is 9.46. The maximum absolute atomic E-state index is 13.6. The predicted molar refractivity (Wildman–Crippen MR) is 129 cm³/mol. The minimum atomic E-state index is -0.339. The van der Waals surface area contributed by atoms with E-state index in [0.29, 0.717) is 5.69 Å². The van der Waals surface area contributed by atoms with Crippen molar-refractivity contribution in [2.45, 2.75) is 0 Å². The molecule has 0 unspecified atom stereocenters. The van der Waals surface area contributed by atoms with Gasteiger partial charge < -0.3 is 0 Å². The van der Waals surface area contributed by atoms with Gasteiger partial charge in [0.25, 0.3) is 0 Å². The Labute approximate surface area is 195 Å². The highest BCUT2D eigenvalue weighted by Crippen LogP contribution is 2.58. The molecule has 1 aliphatic heterocycles. The van der Waals surface area contributed by atoms with Crippen molar-refractivity contribution in [2.75, 3.05) is 4.90 Å². The van der Waals surface area contributed by atoms with Gasteiger partial charge in [-0.25, -0.2) is 4.90 Å². The quantitative estimate of drug-likeness (QED) is 0.346. The summed E-state index contributed by atoms with van der Waals surface area (Å²) in [6.07, 6.45) is 4.28. The van der Waals surface area contributed by atoms with E-state index in [-0.39, 0.29) is 35.5 Å². The molecule has 3 nitrogen and oxygen atoms in total. The molecule has 1 heterocycles. The summed E-state index contributed by atoms with van der Waals surface area (Å²) in [5.41, 5.74) is 5.23. The molecule has 32 heavy (non-hydrogen) atoms. The number of imide groups is 1. The van der Waals surface area contributed by atoms with Crippen LogP contribution in [-0.2, 0) is 9.59 Å². The largest absolute Gasteiger partial charge is 0.274 e. The molecule has 3 aliphatic rings. The lowest BCUT2D eigenvalue weighted by Gasteiger charge is -2.21. The maximum atomic E-state index is 13.6. The van der Waals surface area contributed by atoms with Crippen LogP contribution in [-0.4, -0.2) is 11.8 Å². The van der Waals surface area contributed by atoms with Crippen LogP contribution in [0.25, 0.3) is 5.57 Å². The van der Waals surface area contributed by atoms with E-state index in [0.717, 1.165) is 21.2 Å². The van der Waals surface area contributed by atoms with Gasteiger partial charge in [0.15, 0.2) is 0 Å². The fourth-order valence-electron chi connectivity index (χ4n) is 5.68. The highest BCUT2D eigenvalue weighted by atomic mass is 79.9. The standard InChI is InChI=1S/C28H20BrNO2/c29-19-12-7-13-20(16-19)30-27(31)25-21-14-15-22(26(25)28(30)32)24(21)23(17-8-3-1-4-9-17)18-10-5-2-6-11-18/h1-16,21-22,25-26H/t21-,22+,25-,26+. The first kappa shape index (κ1) is 19.4. The molecule has 156 valence electrons. The van der Waals surface area contributed by atoms with E-state index in [1.807, 2.05) is 60.7 Å². The number of amides is 2. The Morgan fingerprint density at radius 3 is 1.72 bits per heavy atom. The smallest absolute Gasteiger partial charge is 0.238 e. The van der Waals surface area contributed by atoms with E-state index in [2.05, 4.69) is 52.3 Å². The second kappa shape index (κ2) is 7.42. The van der Waals surface area contributed by atoms with Crippen LogP contribution in [0.5, 0.6) is 0 Å². The monoisotopic (exact) mass is 481 g/mol. The van der Waals surface area contributed by atoms with Crippen molar-refractivity contribution in [3.05, 3.63) is 118 Å². The Morgan fingerprint density at radius 2 is 1.22 bits per heavy atom. The molecule has 0 N–H and O–H groups in total. The summed E-state index contributed by atoms with van der Waals surface area (Å²) >= 11 is 3.46. The van der Waals surface area contributed by atoms with Crippen molar-refractivity contribution >= 4 is 39.0 Å². The van der Waals surface area contributed by atoms with Gasteiger partial charge in [-0.15, -0.1) is 0 Å². The van der Waals surface area contributed by atoms with Crippen molar-refractivity contribution < 1.29 is 9.59 Å². The first-order valence-corrected chi connectivity index (χ1v) is 11.6. The van der Waals surface area contributed by atoms with Crippen molar-refractivity contribution in [1.82, 2.24) is 0 Å². The third-order valence-electron chi connectivity index (χ3n) is 6.90. The van der Waals surface area contributed by atoms with Crippen LogP contribution in [0.3, 0.4) is 0 Å². The van der Waals surface area contributed by atoms with Crippen LogP contribution in [0.1, 0.15) is 11.1 Å². The molecule has 2 bridgehead atoms. The van der Waals surface area contributed by atoms with Gasteiger partial charge in [0.1, 0.15) is 0 Å². The van der Waals surface area contributed by atoms with Gasteiger partial charge in [0, 0.05) is 16.3 Å². The fourth-order valence-corrected chi connectivity index (χ4v) is 6.06. The Morgan fingerprint density at radius 1 is 0.688 bits per heavy atom. The number of allylic oxidation sites excluding steroid dienone is 3. The third kappa shape index (κ3) is 2.79. The predicted octanol–water partition coefficient (Wildman–Crippen LogP) is 5.87. The van der Waals surface area contributed by atoms with Crippen molar-refractivity contribution in [2.24, 2.45) is 23.7 Å². The minimum Gasteiger partial charge on any atom is -0.274 e. The number of rotatable bonds is 3. The van der Waals surface area contributed by atoms with E-state index in [1.54, 1.807) is 0 Å². The lowest BCUT2D eigenvalue weighted by molar-refractivity contribution is -0.122. The van der Waals surface area contributed by atoms with E-state index in [4.69, 9.17) is 0 Å². The number of halogens is 1. The molecule has 3 aromatic rings. The average molecular weight is 482 g/mol. The molecule has 2 aliphatic carbocycles. The highest BCUT2D eigenvalue weighted by molar-refractivity contribution is 9.10. The number of hydrogen-bond donors (Lipinski definition) is 0. The third-order valence-corrected chi connectivity index (χ3v) is 7.39. The summed E-state index contributed by atoms with van der Waals surface area (Å²) in [5.74, 6) is -0.980. The lowest BCUT2D eigenvalue weighted by atomic mass is 9.85. The minimum absolute atomic E-state index is 0.0611. The SMILES string of the molecule is O=C1[C@@H]2[C@H](C(=O)N1c1cccc(Br)c1)[C@@H]1C=C[C@H]2C1=C(c1ccccc1)c1ccccc1. The van der Waals surface area contributed by atoms with Gasteiger partial charge in [-0.2, -0.15) is 0 Å². The van der Waals surface area contributed by atoms with Crippen LogP contribution in [0.4, 0.5) is 5.69 Å². The zero-order valence-corrected chi connectivity index (χ0v) is 18.8. The summed E-state index contributed by atoms with van der Waals surface area (Å²) in [5, 5.41) is 0. The number of benzene rings is 3. The Balaban J connectivity index is 1.49. The Bertz CT molecular complexity index is 1220. The molecule has 2 amide bonds. The first-order valence-electron chi connectivity index (χ1n) is 10.8. The van der Waals surface area contributed by atoms with Gasteiger partial charge in [-0.1, -0.05) is 94.8 Å². The average Bonchev–Trinajstić information content (AvgIpc) is 3.45. The molecule has 0 radical (unpaired) electrons. The number of fused-ring (bicyclic) bond motifs is 5. The molecular weight excluding hydrogens is 462 g/mol. The number of hydrogen-bond acceptors (Lipinski definition) is 2. The lowest BCUT2D eigenvalue weighted by Crippen LogP contribution is -2.33. The van der Waals surface area contributed by atoms with Gasteiger partial charge >= 0.3 is 0 Å². The van der Waals surface area contributed by atoms with Crippen LogP contribution in [0, 0.1) is 23.7 Å². The van der Waals surface area contributed by atoms with Crippen molar-refractivity contribution in [3.63, 3.8) is 0 Å². The molecule has 6 rings (SSSR count). The van der Waals surface area contributed by atoms with Gasteiger partial charge in [0.05, 0.1) is 17.5 Å². The summed E-state index contributed by atoms with van der Waals surface area (Å²) in [6, 6.07) is 28.0. The molecule has 4 heteroatoms. The molecule has 0 spiro atoms. The van der Waals surface area contributed by atoms with Gasteiger partial charge in [0.2, 0.25) is 11.8 Å². The van der Waals surface area contributed by atoms with Crippen LogP contribution < -0.4 is 4.90 Å². The van der Waals surface area contributed by atoms with E-state index in [9.17, 15) is 9.59 Å². The van der Waals surface area contributed by atoms with E-state index >= 15 is 0 Å². The van der Waals surface area contributed by atoms with Crippen LogP contribution in [0.15, 0.2) is 107 Å². The fraction of sp³-hybridized carbons (Fsp3) is 0.143. The number of carbonyl (C=O) groups excluding carboxylic acids is 2. The second-order valence-electron chi connectivity index (χ2n) is 8.54. The molecule has 1 saturated heterocycles. The van der Waals surface area contributed by atoms with E-state index in [1.165, 1.54) is 10.5 Å². The highest BCUT2D eigenvalue weighted by Gasteiger charge is 2.62. The van der Waals surface area contributed by atoms with Crippen LogP contribution >= 0.6 is 15.9 Å². The molecule has 1 saturated carbocycles. The molecular formula is C28H20BrNO2. The topological polar surface area (TPSA) is 37.4 Å². The Hall–Kier alpha value is -3.24. The van der Waals surface area contributed by atoms with E-state index < -0.39 is 0 Å². The van der Waals surface area contributed by atoms with Gasteiger partial charge in [-0.3, -0.25) is 9.59 Å². The maximum Gasteiger partial charge on any atom is 0.238 e.